The lowest BCUT2D eigenvalue weighted by Crippen LogP contribution is -2.46. The Labute approximate surface area is 144 Å². The second-order valence-corrected chi connectivity index (χ2v) is 6.78. The van der Waals surface area contributed by atoms with E-state index in [2.05, 4.69) is 14.8 Å². The number of para-hydroxylation sites is 1. The van der Waals surface area contributed by atoms with Crippen LogP contribution in [0.15, 0.2) is 52.5 Å². The summed E-state index contributed by atoms with van der Waals surface area (Å²) in [5.74, 6) is 0.535. The Morgan fingerprint density at radius 2 is 1.92 bits per heavy atom. The zero-order chi connectivity index (χ0) is 16.4. The monoisotopic (exact) mass is 343 g/mol. The van der Waals surface area contributed by atoms with Gasteiger partial charge in [-0.3, -0.25) is 4.90 Å². The first-order chi connectivity index (χ1) is 11.8. The lowest BCUT2D eigenvalue weighted by atomic mass is 10.2. The van der Waals surface area contributed by atoms with Gasteiger partial charge in [-0.05, 0) is 23.6 Å². The largest absolute Gasteiger partial charge is 0.444 e. The lowest BCUT2D eigenvalue weighted by Gasteiger charge is -2.35. The molecule has 0 atom stereocenters. The molecule has 1 aliphatic heterocycles. The van der Waals surface area contributed by atoms with Crippen LogP contribution in [0.5, 0.6) is 0 Å². The molecule has 0 amide bonds. The van der Waals surface area contributed by atoms with Gasteiger partial charge in [-0.1, -0.05) is 18.2 Å². The smallest absolute Gasteiger partial charge is 0.236 e. The number of piperazine rings is 1. The molecule has 4 nitrogen and oxygen atoms in total. The van der Waals surface area contributed by atoms with E-state index in [1.54, 1.807) is 23.7 Å². The van der Waals surface area contributed by atoms with Crippen LogP contribution in [0.25, 0.3) is 10.8 Å². The molecule has 3 aromatic rings. The highest BCUT2D eigenvalue weighted by atomic mass is 32.1. The Morgan fingerprint density at radius 1 is 1.08 bits per heavy atom. The summed E-state index contributed by atoms with van der Waals surface area (Å²) in [4.78, 5) is 10.0. The predicted octanol–water partition coefficient (Wildman–Crippen LogP) is 3.86. The Hall–Kier alpha value is -2.18. The van der Waals surface area contributed by atoms with Crippen molar-refractivity contribution >= 4 is 17.0 Å². The van der Waals surface area contributed by atoms with Crippen LogP contribution in [0, 0.1) is 5.82 Å². The molecule has 3 heterocycles. The SMILES string of the molecule is Fc1ccccc1N1CCN(Cc2coc(-c3cccs3)n2)CC1. The van der Waals surface area contributed by atoms with Gasteiger partial charge in [-0.15, -0.1) is 11.3 Å². The van der Waals surface area contributed by atoms with Crippen LogP contribution in [0.1, 0.15) is 5.69 Å². The molecule has 2 aromatic heterocycles. The Morgan fingerprint density at radius 3 is 2.67 bits per heavy atom. The Balaban J connectivity index is 1.36. The van der Waals surface area contributed by atoms with Crippen LogP contribution in [0.3, 0.4) is 0 Å². The first-order valence-corrected chi connectivity index (χ1v) is 8.88. The fourth-order valence-electron chi connectivity index (χ4n) is 2.98. The van der Waals surface area contributed by atoms with Gasteiger partial charge in [0, 0.05) is 32.7 Å². The minimum atomic E-state index is -0.150. The van der Waals surface area contributed by atoms with E-state index in [4.69, 9.17) is 4.42 Å². The summed E-state index contributed by atoms with van der Waals surface area (Å²) in [6.45, 7) is 4.16. The van der Waals surface area contributed by atoms with Crippen molar-refractivity contribution in [2.75, 3.05) is 31.1 Å². The number of hydrogen-bond donors (Lipinski definition) is 0. The summed E-state index contributed by atoms with van der Waals surface area (Å²) in [5, 5.41) is 2.02. The highest BCUT2D eigenvalue weighted by Gasteiger charge is 2.20. The number of rotatable bonds is 4. The quantitative estimate of drug-likeness (QED) is 0.720. The minimum Gasteiger partial charge on any atom is -0.444 e. The van der Waals surface area contributed by atoms with Crippen LogP contribution < -0.4 is 4.90 Å². The van der Waals surface area contributed by atoms with Gasteiger partial charge in [0.15, 0.2) is 0 Å². The zero-order valence-electron chi connectivity index (χ0n) is 13.2. The molecule has 0 N–H and O–H groups in total. The normalized spacial score (nSPS) is 15.8. The predicted molar refractivity (Wildman–Crippen MR) is 93.7 cm³/mol. The maximum atomic E-state index is 13.9. The molecule has 24 heavy (non-hydrogen) atoms. The fraction of sp³-hybridized carbons (Fsp3) is 0.278. The third-order valence-electron chi connectivity index (χ3n) is 4.23. The number of benzene rings is 1. The highest BCUT2D eigenvalue weighted by Crippen LogP contribution is 2.24. The summed E-state index contributed by atoms with van der Waals surface area (Å²) < 4.78 is 19.4. The summed E-state index contributed by atoms with van der Waals surface area (Å²) in [5.41, 5.74) is 1.64. The molecular formula is C18H18FN3OS. The molecule has 1 fully saturated rings. The van der Waals surface area contributed by atoms with Gasteiger partial charge in [0.1, 0.15) is 12.1 Å². The number of anilines is 1. The second-order valence-electron chi connectivity index (χ2n) is 5.84. The zero-order valence-corrected chi connectivity index (χ0v) is 14.0. The van der Waals surface area contributed by atoms with Gasteiger partial charge in [0.05, 0.1) is 16.3 Å². The van der Waals surface area contributed by atoms with E-state index >= 15 is 0 Å². The molecular weight excluding hydrogens is 325 g/mol. The Kier molecular flexibility index (Phi) is 4.32. The summed E-state index contributed by atoms with van der Waals surface area (Å²) >= 11 is 1.62. The molecule has 0 aliphatic carbocycles. The number of aromatic nitrogens is 1. The van der Waals surface area contributed by atoms with Gasteiger partial charge in [0.25, 0.3) is 0 Å². The number of oxazole rings is 1. The average Bonchev–Trinajstić information content (AvgIpc) is 3.27. The first kappa shape index (κ1) is 15.4. The third kappa shape index (κ3) is 3.20. The number of thiophene rings is 1. The van der Waals surface area contributed by atoms with Crippen molar-refractivity contribution in [3.63, 3.8) is 0 Å². The van der Waals surface area contributed by atoms with Gasteiger partial charge >= 0.3 is 0 Å². The molecule has 4 rings (SSSR count). The number of halogens is 1. The average molecular weight is 343 g/mol. The molecule has 1 aliphatic rings. The third-order valence-corrected chi connectivity index (χ3v) is 5.09. The maximum absolute atomic E-state index is 13.9. The molecule has 1 saturated heterocycles. The van der Waals surface area contributed by atoms with Crippen molar-refractivity contribution in [1.29, 1.82) is 0 Å². The van der Waals surface area contributed by atoms with Crippen LogP contribution in [-0.4, -0.2) is 36.1 Å². The summed E-state index contributed by atoms with van der Waals surface area (Å²) in [6, 6.07) is 11.0. The highest BCUT2D eigenvalue weighted by molar-refractivity contribution is 7.13. The van der Waals surface area contributed by atoms with Gasteiger partial charge < -0.3 is 9.32 Å². The maximum Gasteiger partial charge on any atom is 0.236 e. The van der Waals surface area contributed by atoms with Crippen molar-refractivity contribution in [1.82, 2.24) is 9.88 Å². The van der Waals surface area contributed by atoms with Crippen LogP contribution in [-0.2, 0) is 6.54 Å². The van der Waals surface area contributed by atoms with E-state index in [-0.39, 0.29) is 5.82 Å². The topological polar surface area (TPSA) is 32.5 Å². The van der Waals surface area contributed by atoms with E-state index < -0.39 is 0 Å². The van der Waals surface area contributed by atoms with Gasteiger partial charge in [-0.25, -0.2) is 9.37 Å². The van der Waals surface area contributed by atoms with Gasteiger partial charge in [-0.2, -0.15) is 0 Å². The van der Waals surface area contributed by atoms with E-state index in [9.17, 15) is 4.39 Å². The summed E-state index contributed by atoms with van der Waals surface area (Å²) in [6.07, 6.45) is 1.73. The Bertz CT molecular complexity index is 794. The molecule has 0 bridgehead atoms. The van der Waals surface area contributed by atoms with Crippen molar-refractivity contribution < 1.29 is 8.81 Å². The lowest BCUT2D eigenvalue weighted by molar-refractivity contribution is 0.246. The second kappa shape index (κ2) is 6.75. The number of nitrogens with zero attached hydrogens (tertiary/aromatic N) is 3. The van der Waals surface area contributed by atoms with Crippen molar-refractivity contribution in [2.24, 2.45) is 0 Å². The van der Waals surface area contributed by atoms with Crippen LogP contribution in [0.2, 0.25) is 0 Å². The standard InChI is InChI=1S/C18H18FN3OS/c19-15-4-1-2-5-16(15)22-9-7-21(8-10-22)12-14-13-23-18(20-14)17-6-3-11-24-17/h1-6,11,13H,7-10,12H2. The van der Waals surface area contributed by atoms with E-state index in [0.717, 1.165) is 43.3 Å². The van der Waals surface area contributed by atoms with Gasteiger partial charge in [0.2, 0.25) is 5.89 Å². The first-order valence-electron chi connectivity index (χ1n) is 8.00. The summed E-state index contributed by atoms with van der Waals surface area (Å²) in [7, 11) is 0. The van der Waals surface area contributed by atoms with E-state index in [1.165, 1.54) is 6.07 Å². The molecule has 6 heteroatoms. The van der Waals surface area contributed by atoms with E-state index in [0.29, 0.717) is 11.6 Å². The molecule has 0 radical (unpaired) electrons. The molecule has 0 unspecified atom stereocenters. The van der Waals surface area contributed by atoms with Crippen LogP contribution >= 0.6 is 11.3 Å². The fourth-order valence-corrected chi connectivity index (χ4v) is 3.63. The number of hydrogen-bond acceptors (Lipinski definition) is 5. The molecule has 0 spiro atoms. The molecule has 124 valence electrons. The van der Waals surface area contributed by atoms with E-state index in [1.807, 2.05) is 29.6 Å². The van der Waals surface area contributed by atoms with Crippen molar-refractivity contribution in [3.05, 3.63) is 59.6 Å². The van der Waals surface area contributed by atoms with Crippen LogP contribution in [0.4, 0.5) is 10.1 Å². The molecule has 0 saturated carbocycles. The van der Waals surface area contributed by atoms with Crippen molar-refractivity contribution in [3.8, 4) is 10.8 Å². The minimum absolute atomic E-state index is 0.150. The molecule has 1 aromatic carbocycles. The van der Waals surface area contributed by atoms with Crippen molar-refractivity contribution in [2.45, 2.75) is 6.54 Å².